The van der Waals surface area contributed by atoms with E-state index in [-0.39, 0.29) is 12.0 Å². The van der Waals surface area contributed by atoms with Crippen LogP contribution in [0.4, 0.5) is 0 Å². The number of hydrogen-bond acceptors (Lipinski definition) is 6. The van der Waals surface area contributed by atoms with Crippen LogP contribution in [0, 0.1) is 5.92 Å². The topological polar surface area (TPSA) is 196 Å². The first-order chi connectivity index (χ1) is 8.04. The first kappa shape index (κ1) is 23.8. The highest BCUT2D eigenvalue weighted by Gasteiger charge is 2.20. The maximum atomic E-state index is 10.0. The molecule has 0 aromatic rings. The molecule has 2 atom stereocenters. The molecule has 118 valence electrons. The summed E-state index contributed by atoms with van der Waals surface area (Å²) in [6.07, 6.45) is -0.140. The summed E-state index contributed by atoms with van der Waals surface area (Å²) >= 11 is 0. The van der Waals surface area contributed by atoms with Gasteiger partial charge in [0.05, 0.1) is 0 Å². The van der Waals surface area contributed by atoms with Crippen molar-refractivity contribution in [2.75, 3.05) is 0 Å². The van der Waals surface area contributed by atoms with Gasteiger partial charge >= 0.3 is 29.1 Å². The molecular formula is C5H16O11PS2+. The van der Waals surface area contributed by atoms with Crippen molar-refractivity contribution in [3.63, 3.8) is 0 Å². The van der Waals surface area contributed by atoms with Crippen LogP contribution in [-0.2, 0) is 29.9 Å². The molecule has 0 aromatic carbocycles. The predicted molar refractivity (Wildman–Crippen MR) is 63.6 cm³/mol. The normalized spacial score (nSPS) is 13.6. The fourth-order valence-electron chi connectivity index (χ4n) is 0.264. The van der Waals surface area contributed by atoms with Crippen LogP contribution in [0.2, 0.25) is 0 Å². The molecular weight excluding hydrogens is 331 g/mol. The van der Waals surface area contributed by atoms with Crippen molar-refractivity contribution in [3.05, 3.63) is 0 Å². The Morgan fingerprint density at radius 2 is 1.11 bits per heavy atom. The first-order valence-electron chi connectivity index (χ1n) is 4.26. The molecule has 0 fully saturated rings. The lowest BCUT2D eigenvalue weighted by molar-refractivity contribution is 0.160. The van der Waals surface area contributed by atoms with E-state index in [2.05, 4.69) is 4.52 Å². The van der Waals surface area contributed by atoms with Gasteiger partial charge in [-0.2, -0.15) is 16.8 Å². The smallest absolute Gasteiger partial charge is 0.264 e. The van der Waals surface area contributed by atoms with Gasteiger partial charge in [-0.1, -0.05) is 13.8 Å². The molecule has 0 aliphatic rings. The zero-order valence-electron chi connectivity index (χ0n) is 10.1. The SMILES string of the molecule is CC(C)C(C)O[P+](=O)O.O=S(=O)(O)O.O=S(=O)(O)O. The van der Waals surface area contributed by atoms with E-state index in [4.69, 9.17) is 39.9 Å². The van der Waals surface area contributed by atoms with E-state index >= 15 is 0 Å². The quantitative estimate of drug-likeness (QED) is 0.350. The summed E-state index contributed by atoms with van der Waals surface area (Å²) in [5.74, 6) is 0.288. The molecule has 14 heteroatoms. The summed E-state index contributed by atoms with van der Waals surface area (Å²) in [7, 11) is -11.8. The molecule has 0 bridgehead atoms. The van der Waals surface area contributed by atoms with Gasteiger partial charge in [-0.15, -0.1) is 9.42 Å². The molecule has 0 saturated carbocycles. The molecule has 11 nitrogen and oxygen atoms in total. The van der Waals surface area contributed by atoms with Crippen molar-refractivity contribution < 1.29 is 49.0 Å². The van der Waals surface area contributed by atoms with Gasteiger partial charge in [-0.3, -0.25) is 18.2 Å². The fraction of sp³-hybridized carbons (Fsp3) is 1.00. The van der Waals surface area contributed by atoms with Crippen LogP contribution in [0.3, 0.4) is 0 Å². The van der Waals surface area contributed by atoms with Crippen molar-refractivity contribution in [1.82, 2.24) is 0 Å². The third-order valence-corrected chi connectivity index (χ3v) is 1.71. The second-order valence-corrected chi connectivity index (χ2v) is 5.67. The minimum absolute atomic E-state index is 0.140. The lowest BCUT2D eigenvalue weighted by Crippen LogP contribution is -2.10. The maximum Gasteiger partial charge on any atom is 0.694 e. The summed E-state index contributed by atoms with van der Waals surface area (Å²) < 4.78 is 77.8. The minimum atomic E-state index is -4.67. The van der Waals surface area contributed by atoms with Gasteiger partial charge in [0.15, 0.2) is 0 Å². The second kappa shape index (κ2) is 10.5. The fourth-order valence-corrected chi connectivity index (χ4v) is 0.792. The summed E-state index contributed by atoms with van der Waals surface area (Å²) in [5, 5.41) is 0. The maximum absolute atomic E-state index is 10.0. The Morgan fingerprint density at radius 1 is 0.895 bits per heavy atom. The van der Waals surface area contributed by atoms with Crippen LogP contribution < -0.4 is 0 Å². The predicted octanol–water partition coefficient (Wildman–Crippen LogP) is 0.392. The average Bonchev–Trinajstić information content (AvgIpc) is 1.94. The number of hydrogen-bond donors (Lipinski definition) is 5. The van der Waals surface area contributed by atoms with Gasteiger partial charge < -0.3 is 0 Å². The molecule has 0 aromatic heterocycles. The molecule has 2 unspecified atom stereocenters. The second-order valence-electron chi connectivity index (χ2n) is 3.19. The van der Waals surface area contributed by atoms with Crippen LogP contribution in [0.15, 0.2) is 0 Å². The van der Waals surface area contributed by atoms with Crippen molar-refractivity contribution in [1.29, 1.82) is 0 Å². The van der Waals surface area contributed by atoms with E-state index in [1.807, 2.05) is 13.8 Å². The van der Waals surface area contributed by atoms with Crippen molar-refractivity contribution in [3.8, 4) is 0 Å². The van der Waals surface area contributed by atoms with E-state index in [1.54, 1.807) is 6.92 Å². The highest BCUT2D eigenvalue weighted by Crippen LogP contribution is 2.21. The molecule has 0 aliphatic carbocycles. The Bertz CT molecular complexity index is 392. The largest absolute Gasteiger partial charge is 0.694 e. The third-order valence-electron chi connectivity index (χ3n) is 1.20. The van der Waals surface area contributed by atoms with E-state index in [9.17, 15) is 4.57 Å². The van der Waals surface area contributed by atoms with E-state index in [0.29, 0.717) is 0 Å². The summed E-state index contributed by atoms with van der Waals surface area (Å²) in [5.41, 5.74) is 0. The Morgan fingerprint density at radius 3 is 1.16 bits per heavy atom. The average molecular weight is 347 g/mol. The summed E-state index contributed by atoms with van der Waals surface area (Å²) in [6.45, 7) is 5.64. The molecule has 5 N–H and O–H groups in total. The Hall–Kier alpha value is -0.240. The molecule has 0 amide bonds. The first-order valence-corrected chi connectivity index (χ1v) is 8.19. The summed E-state index contributed by atoms with van der Waals surface area (Å²) in [4.78, 5) is 8.26. The highest BCUT2D eigenvalue weighted by atomic mass is 32.3. The Kier molecular flexibility index (Phi) is 13.2. The number of rotatable bonds is 3. The van der Waals surface area contributed by atoms with Crippen LogP contribution in [0.5, 0.6) is 0 Å². The van der Waals surface area contributed by atoms with Crippen LogP contribution in [0.1, 0.15) is 20.8 Å². The molecule has 0 rings (SSSR count). The van der Waals surface area contributed by atoms with E-state index < -0.39 is 29.1 Å². The van der Waals surface area contributed by atoms with Crippen LogP contribution in [-0.4, -0.2) is 46.0 Å². The molecule has 0 saturated heterocycles. The van der Waals surface area contributed by atoms with Gasteiger partial charge in [0, 0.05) is 4.57 Å². The zero-order valence-corrected chi connectivity index (χ0v) is 12.6. The lowest BCUT2D eigenvalue weighted by atomic mass is 10.1. The van der Waals surface area contributed by atoms with Gasteiger partial charge in [0.1, 0.15) is 6.10 Å². The third kappa shape index (κ3) is 73.3. The molecule has 19 heavy (non-hydrogen) atoms. The van der Waals surface area contributed by atoms with Crippen LogP contribution >= 0.6 is 8.25 Å². The van der Waals surface area contributed by atoms with Crippen molar-refractivity contribution in [2.45, 2.75) is 26.9 Å². The van der Waals surface area contributed by atoms with E-state index in [0.717, 1.165) is 0 Å². The highest BCUT2D eigenvalue weighted by molar-refractivity contribution is 7.80. The molecule has 0 radical (unpaired) electrons. The lowest BCUT2D eigenvalue weighted by Gasteiger charge is -2.05. The van der Waals surface area contributed by atoms with Crippen LogP contribution in [0.25, 0.3) is 0 Å². The monoisotopic (exact) mass is 347 g/mol. The van der Waals surface area contributed by atoms with Gasteiger partial charge in [0.2, 0.25) is 0 Å². The summed E-state index contributed by atoms with van der Waals surface area (Å²) in [6, 6.07) is 0. The Labute approximate surface area is 111 Å². The standard InChI is InChI=1S/C5H11O3P.2H2O4S/c1-4(2)5(3)8-9(6)7;2*1-5(2,3)4/h4-5H,1-3H3;2*(H2,1,2,3,4)/p+1. The van der Waals surface area contributed by atoms with Gasteiger partial charge in [0.25, 0.3) is 0 Å². The van der Waals surface area contributed by atoms with Gasteiger partial charge in [-0.05, 0) is 12.8 Å². The van der Waals surface area contributed by atoms with Gasteiger partial charge in [-0.25, -0.2) is 0 Å². The molecule has 0 spiro atoms. The van der Waals surface area contributed by atoms with Crippen molar-refractivity contribution in [2.24, 2.45) is 5.92 Å². The zero-order chi connectivity index (χ0) is 16.4. The minimum Gasteiger partial charge on any atom is -0.264 e. The van der Waals surface area contributed by atoms with E-state index in [1.165, 1.54) is 0 Å². The molecule has 0 heterocycles. The van der Waals surface area contributed by atoms with Crippen molar-refractivity contribution >= 4 is 29.1 Å². The Balaban J connectivity index is -0.000000219. The molecule has 0 aliphatic heterocycles.